The van der Waals surface area contributed by atoms with Gasteiger partial charge in [0.2, 0.25) is 15.9 Å². The van der Waals surface area contributed by atoms with Gasteiger partial charge in [-0.1, -0.05) is 0 Å². The number of benzene rings is 2. The fraction of sp³-hybridized carbons (Fsp3) is 0.364. The molecule has 1 heterocycles. The second kappa shape index (κ2) is 9.93. The lowest BCUT2D eigenvalue weighted by Crippen LogP contribution is -2.43. The van der Waals surface area contributed by atoms with E-state index in [-0.39, 0.29) is 24.0 Å². The van der Waals surface area contributed by atoms with Crippen LogP contribution in [-0.2, 0) is 19.6 Å². The van der Waals surface area contributed by atoms with Crippen molar-refractivity contribution in [1.29, 1.82) is 0 Å². The molecule has 0 aromatic heterocycles. The monoisotopic (exact) mass is 446 g/mol. The summed E-state index contributed by atoms with van der Waals surface area (Å²) < 4.78 is 37.3. The molecule has 1 aliphatic rings. The van der Waals surface area contributed by atoms with Gasteiger partial charge in [0.15, 0.2) is 0 Å². The molecule has 1 unspecified atom stereocenters. The van der Waals surface area contributed by atoms with Gasteiger partial charge in [-0.05, 0) is 68.3 Å². The Morgan fingerprint density at radius 2 is 1.77 bits per heavy atom. The van der Waals surface area contributed by atoms with Crippen molar-refractivity contribution in [1.82, 2.24) is 4.31 Å². The average molecular weight is 447 g/mol. The van der Waals surface area contributed by atoms with Crippen molar-refractivity contribution in [3.8, 4) is 5.75 Å². The van der Waals surface area contributed by atoms with Crippen molar-refractivity contribution in [3.05, 3.63) is 54.1 Å². The van der Waals surface area contributed by atoms with Gasteiger partial charge in [-0.2, -0.15) is 4.31 Å². The van der Waals surface area contributed by atoms with Crippen LogP contribution in [0.5, 0.6) is 5.75 Å². The number of methoxy groups -OCH3 is 1. The number of hydrogen-bond donors (Lipinski definition) is 1. The van der Waals surface area contributed by atoms with Crippen molar-refractivity contribution >= 4 is 27.6 Å². The molecule has 1 fully saturated rings. The van der Waals surface area contributed by atoms with Crippen LogP contribution in [0.1, 0.15) is 30.1 Å². The van der Waals surface area contributed by atoms with E-state index in [0.717, 1.165) is 0 Å². The minimum atomic E-state index is -3.70. The van der Waals surface area contributed by atoms with Crippen LogP contribution in [0.3, 0.4) is 0 Å². The molecule has 1 amide bonds. The van der Waals surface area contributed by atoms with Crippen molar-refractivity contribution < 1.29 is 27.5 Å². The van der Waals surface area contributed by atoms with Crippen molar-refractivity contribution in [2.24, 2.45) is 5.92 Å². The van der Waals surface area contributed by atoms with Gasteiger partial charge in [0.1, 0.15) is 5.75 Å². The predicted octanol–water partition coefficient (Wildman–Crippen LogP) is 2.91. The van der Waals surface area contributed by atoms with E-state index >= 15 is 0 Å². The molecule has 3 rings (SSSR count). The molecule has 31 heavy (non-hydrogen) atoms. The van der Waals surface area contributed by atoms with Crippen LogP contribution in [0.4, 0.5) is 5.69 Å². The molecular formula is C22H26N2O6S. The molecule has 0 spiro atoms. The summed E-state index contributed by atoms with van der Waals surface area (Å²) in [5.74, 6) is -0.569. The third kappa shape index (κ3) is 5.42. The molecule has 2 aromatic carbocycles. The van der Waals surface area contributed by atoms with Crippen LogP contribution in [0.2, 0.25) is 0 Å². The number of anilines is 1. The molecule has 1 atom stereocenters. The smallest absolute Gasteiger partial charge is 0.338 e. The Morgan fingerprint density at radius 1 is 1.10 bits per heavy atom. The van der Waals surface area contributed by atoms with Crippen molar-refractivity contribution in [3.63, 3.8) is 0 Å². The maximum atomic E-state index is 13.0. The summed E-state index contributed by atoms with van der Waals surface area (Å²) in [6.07, 6.45) is 1.19. The summed E-state index contributed by atoms with van der Waals surface area (Å²) in [5.41, 5.74) is 0.933. The number of piperidine rings is 1. The van der Waals surface area contributed by atoms with Gasteiger partial charge < -0.3 is 14.8 Å². The van der Waals surface area contributed by atoms with E-state index < -0.39 is 21.9 Å². The predicted molar refractivity (Wildman–Crippen MR) is 116 cm³/mol. The molecule has 1 aliphatic heterocycles. The number of sulfonamides is 1. The Balaban J connectivity index is 1.65. The first kappa shape index (κ1) is 22.8. The number of carbonyl (C=O) groups is 2. The Kier molecular flexibility index (Phi) is 7.29. The number of nitrogens with one attached hydrogen (secondary N) is 1. The van der Waals surface area contributed by atoms with E-state index in [1.54, 1.807) is 43.3 Å². The third-order valence-electron chi connectivity index (χ3n) is 5.12. The molecule has 1 N–H and O–H groups in total. The zero-order valence-corrected chi connectivity index (χ0v) is 18.4. The Bertz CT molecular complexity index is 1020. The molecule has 2 aromatic rings. The largest absolute Gasteiger partial charge is 0.497 e. The van der Waals surface area contributed by atoms with E-state index in [1.165, 1.54) is 23.5 Å². The van der Waals surface area contributed by atoms with E-state index in [4.69, 9.17) is 9.47 Å². The summed E-state index contributed by atoms with van der Waals surface area (Å²) in [6.45, 7) is 2.50. The second-order valence-electron chi connectivity index (χ2n) is 7.16. The van der Waals surface area contributed by atoms with Gasteiger partial charge >= 0.3 is 5.97 Å². The minimum absolute atomic E-state index is 0.112. The standard InChI is InChI=1S/C22H26N2O6S/c1-3-30-22(26)16-6-8-18(9-7-16)23-21(25)17-5-4-14-24(15-17)31(27,28)20-12-10-19(29-2)11-13-20/h6-13,17H,3-5,14-15H2,1-2H3,(H,23,25). The highest BCUT2D eigenvalue weighted by Crippen LogP contribution is 2.26. The number of carbonyl (C=O) groups excluding carboxylic acids is 2. The molecule has 8 nitrogen and oxygen atoms in total. The molecule has 9 heteroatoms. The fourth-order valence-electron chi connectivity index (χ4n) is 3.42. The Morgan fingerprint density at radius 3 is 2.39 bits per heavy atom. The number of esters is 1. The highest BCUT2D eigenvalue weighted by atomic mass is 32.2. The lowest BCUT2D eigenvalue weighted by Gasteiger charge is -2.31. The maximum absolute atomic E-state index is 13.0. The summed E-state index contributed by atoms with van der Waals surface area (Å²) in [6, 6.07) is 12.6. The number of nitrogens with zero attached hydrogens (tertiary/aromatic N) is 1. The number of rotatable bonds is 7. The van der Waals surface area contributed by atoms with Crippen LogP contribution < -0.4 is 10.1 Å². The van der Waals surface area contributed by atoms with Crippen molar-refractivity contribution in [2.45, 2.75) is 24.7 Å². The van der Waals surface area contributed by atoms with E-state index in [0.29, 0.717) is 36.4 Å². The highest BCUT2D eigenvalue weighted by Gasteiger charge is 2.33. The quantitative estimate of drug-likeness (QED) is 0.656. The molecular weight excluding hydrogens is 420 g/mol. The first-order valence-corrected chi connectivity index (χ1v) is 11.5. The molecule has 0 radical (unpaired) electrons. The fourth-order valence-corrected chi connectivity index (χ4v) is 4.94. The van der Waals surface area contributed by atoms with Crippen molar-refractivity contribution in [2.75, 3.05) is 32.1 Å². The lowest BCUT2D eigenvalue weighted by atomic mass is 9.98. The van der Waals surface area contributed by atoms with Crippen LogP contribution in [-0.4, -0.2) is 51.4 Å². The van der Waals surface area contributed by atoms with E-state index in [1.807, 2.05) is 0 Å². The SMILES string of the molecule is CCOC(=O)c1ccc(NC(=O)C2CCCN(S(=O)(=O)c3ccc(OC)cc3)C2)cc1. The maximum Gasteiger partial charge on any atom is 0.338 e. The van der Waals surface area contributed by atoms with Crippen LogP contribution >= 0.6 is 0 Å². The highest BCUT2D eigenvalue weighted by molar-refractivity contribution is 7.89. The van der Waals surface area contributed by atoms with Gasteiger partial charge in [0.05, 0.1) is 30.1 Å². The second-order valence-corrected chi connectivity index (χ2v) is 9.10. The van der Waals surface area contributed by atoms with Gasteiger partial charge in [0, 0.05) is 18.8 Å². The van der Waals surface area contributed by atoms with Crippen LogP contribution in [0.15, 0.2) is 53.4 Å². The topological polar surface area (TPSA) is 102 Å². The Labute approximate surface area is 182 Å². The first-order valence-electron chi connectivity index (χ1n) is 10.1. The van der Waals surface area contributed by atoms with Crippen LogP contribution in [0.25, 0.3) is 0 Å². The zero-order valence-electron chi connectivity index (χ0n) is 17.5. The molecule has 0 aliphatic carbocycles. The first-order chi connectivity index (χ1) is 14.8. The summed E-state index contributed by atoms with van der Waals surface area (Å²) in [7, 11) is -2.18. The minimum Gasteiger partial charge on any atom is -0.497 e. The lowest BCUT2D eigenvalue weighted by molar-refractivity contribution is -0.120. The number of amides is 1. The van der Waals surface area contributed by atoms with Gasteiger partial charge in [0.25, 0.3) is 0 Å². The van der Waals surface area contributed by atoms with Gasteiger partial charge in [-0.25, -0.2) is 13.2 Å². The Hall–Kier alpha value is -2.91. The normalized spacial score (nSPS) is 17.0. The molecule has 1 saturated heterocycles. The summed E-state index contributed by atoms with van der Waals surface area (Å²) in [4.78, 5) is 24.6. The van der Waals surface area contributed by atoms with E-state index in [9.17, 15) is 18.0 Å². The summed E-state index contributed by atoms with van der Waals surface area (Å²) in [5, 5.41) is 2.81. The van der Waals surface area contributed by atoms with Gasteiger partial charge in [-0.3, -0.25) is 4.79 Å². The third-order valence-corrected chi connectivity index (χ3v) is 7.00. The zero-order chi connectivity index (χ0) is 22.4. The van der Waals surface area contributed by atoms with Crippen LogP contribution in [0, 0.1) is 5.92 Å². The van der Waals surface area contributed by atoms with E-state index in [2.05, 4.69) is 5.32 Å². The molecule has 0 saturated carbocycles. The molecule has 166 valence electrons. The number of ether oxygens (including phenoxy) is 2. The molecule has 0 bridgehead atoms. The summed E-state index contributed by atoms with van der Waals surface area (Å²) >= 11 is 0. The average Bonchev–Trinajstić information content (AvgIpc) is 2.79. The number of hydrogen-bond acceptors (Lipinski definition) is 6. The van der Waals surface area contributed by atoms with Gasteiger partial charge in [-0.15, -0.1) is 0 Å².